The zero-order valence-electron chi connectivity index (χ0n) is 16.6. The second kappa shape index (κ2) is 8.01. The number of quaternary nitrogens is 1. The summed E-state index contributed by atoms with van der Waals surface area (Å²) in [6.07, 6.45) is -1.94. The third kappa shape index (κ3) is 4.77. The number of nitrogens with zero attached hydrogens (tertiary/aromatic N) is 2. The average molecular weight is 497 g/mol. The molecular formula is C15H22N5O10S2+. The summed E-state index contributed by atoms with van der Waals surface area (Å²) >= 11 is 0. The van der Waals surface area contributed by atoms with Gasteiger partial charge in [-0.1, -0.05) is 6.92 Å². The molecule has 3 aliphatic heterocycles. The molecule has 1 aromatic heterocycles. The van der Waals surface area contributed by atoms with Crippen LogP contribution in [0.15, 0.2) is 10.9 Å². The third-order valence-corrected chi connectivity index (χ3v) is 6.97. The van der Waals surface area contributed by atoms with Gasteiger partial charge in [-0.15, -0.1) is 0 Å². The highest BCUT2D eigenvalue weighted by Gasteiger charge is 2.55. The summed E-state index contributed by atoms with van der Waals surface area (Å²) in [5, 5.41) is 16.5. The van der Waals surface area contributed by atoms with Crippen molar-refractivity contribution in [2.75, 3.05) is 6.54 Å². The van der Waals surface area contributed by atoms with Crippen LogP contribution in [0.2, 0.25) is 0 Å². The van der Waals surface area contributed by atoms with E-state index in [0.29, 0.717) is 12.5 Å². The maximum Gasteiger partial charge on any atom is 0.441 e. The SMILES string of the molecule is C[C@H]1[C@@H](OS(=O)(=O)O)C[C@@H]2C[C@H]([C@H](OS(=O)(=O)O)c3cc(=O)[nH]c([O-])n3)[NH2+]C3=[N+]2[C@@H]1CN3. The van der Waals surface area contributed by atoms with Gasteiger partial charge in [0.05, 0.1) is 17.8 Å². The topological polar surface area (TPSA) is 228 Å². The highest BCUT2D eigenvalue weighted by Crippen LogP contribution is 2.34. The zero-order chi connectivity index (χ0) is 23.4. The molecule has 0 amide bonds. The monoisotopic (exact) mass is 496 g/mol. The van der Waals surface area contributed by atoms with Crippen LogP contribution in [0.5, 0.6) is 6.01 Å². The van der Waals surface area contributed by atoms with E-state index in [9.17, 15) is 31.3 Å². The van der Waals surface area contributed by atoms with Crippen LogP contribution in [-0.2, 0) is 29.2 Å². The van der Waals surface area contributed by atoms with E-state index >= 15 is 0 Å². The Balaban J connectivity index is 1.69. The first-order valence-corrected chi connectivity index (χ1v) is 12.4. The van der Waals surface area contributed by atoms with Gasteiger partial charge in [-0.25, -0.2) is 28.6 Å². The van der Waals surface area contributed by atoms with Crippen LogP contribution >= 0.6 is 0 Å². The first kappa shape index (κ1) is 23.0. The summed E-state index contributed by atoms with van der Waals surface area (Å²) in [7, 11) is -9.68. The predicted molar refractivity (Wildman–Crippen MR) is 101 cm³/mol. The van der Waals surface area contributed by atoms with Crippen molar-refractivity contribution in [3.05, 3.63) is 22.1 Å². The number of nitrogens with two attached hydrogens (primary N) is 1. The van der Waals surface area contributed by atoms with Crippen LogP contribution < -0.4 is 21.3 Å². The van der Waals surface area contributed by atoms with Crippen molar-refractivity contribution in [3.63, 3.8) is 0 Å². The highest BCUT2D eigenvalue weighted by molar-refractivity contribution is 7.81. The second-order valence-corrected chi connectivity index (χ2v) is 10.1. The smallest absolute Gasteiger partial charge is 0.441 e. The molecule has 0 saturated carbocycles. The van der Waals surface area contributed by atoms with E-state index in [1.165, 1.54) is 0 Å². The molecule has 4 heterocycles. The molecule has 0 radical (unpaired) electrons. The van der Waals surface area contributed by atoms with E-state index in [1.54, 1.807) is 12.2 Å². The Labute approximate surface area is 182 Å². The van der Waals surface area contributed by atoms with Gasteiger partial charge in [0, 0.05) is 24.8 Å². The fourth-order valence-electron chi connectivity index (χ4n) is 4.83. The van der Waals surface area contributed by atoms with E-state index in [0.717, 1.165) is 6.07 Å². The van der Waals surface area contributed by atoms with Crippen molar-refractivity contribution in [3.8, 4) is 6.01 Å². The summed E-state index contributed by atoms with van der Waals surface area (Å²) < 4.78 is 75.7. The summed E-state index contributed by atoms with van der Waals surface area (Å²) in [5.74, 6) is 0.370. The van der Waals surface area contributed by atoms with Crippen molar-refractivity contribution >= 4 is 26.8 Å². The first-order valence-electron chi connectivity index (χ1n) is 9.64. The standard InChI is InChI=1S/C15H21N5O10S2/c1-6-10-5-16-14-17-8(2-7(20(10)14)3-11(6)29-31(23,24)25)13(30-32(26,27)28)9-4-12(21)19-15(22)18-9/h4,6-8,10-11,13H,2-3,5H2,1H3,(H5,16,17,18,19,21,22,23,24,25,26,27,28)/p+1/t6-,7+,8-,10-,11+,13+/m1/s1. The molecule has 4 rings (SSSR count). The third-order valence-electron chi connectivity index (χ3n) is 6.03. The lowest BCUT2D eigenvalue weighted by Gasteiger charge is -2.39. The number of aromatic nitrogens is 2. The Kier molecular flexibility index (Phi) is 5.76. The largest absolute Gasteiger partial charge is 0.846 e. The number of piperidine rings is 1. The summed E-state index contributed by atoms with van der Waals surface area (Å²) in [6, 6.07) is -1.38. The van der Waals surface area contributed by atoms with Gasteiger partial charge in [0.1, 0.15) is 24.7 Å². The van der Waals surface area contributed by atoms with Gasteiger partial charge in [-0.3, -0.25) is 13.9 Å². The van der Waals surface area contributed by atoms with Crippen molar-refractivity contribution in [2.45, 2.75) is 50.1 Å². The number of hydrogen-bond donors (Lipinski definition) is 5. The van der Waals surface area contributed by atoms with Crippen molar-refractivity contribution < 1.29 is 49.3 Å². The molecule has 3 aliphatic rings. The van der Waals surface area contributed by atoms with Crippen molar-refractivity contribution in [1.29, 1.82) is 0 Å². The van der Waals surface area contributed by atoms with Gasteiger partial charge in [-0.05, 0) is 0 Å². The lowest BCUT2D eigenvalue weighted by atomic mass is 9.82. The minimum absolute atomic E-state index is 0.153. The number of aromatic amines is 1. The Morgan fingerprint density at radius 2 is 2.00 bits per heavy atom. The van der Waals surface area contributed by atoms with E-state index in [2.05, 4.69) is 10.3 Å². The predicted octanol–water partition coefficient (Wildman–Crippen LogP) is -4.02. The second-order valence-electron chi connectivity index (χ2n) is 8.04. The van der Waals surface area contributed by atoms with Crippen LogP contribution in [0.3, 0.4) is 0 Å². The number of rotatable bonds is 6. The molecule has 6 N–H and O–H groups in total. The lowest BCUT2D eigenvalue weighted by Crippen LogP contribution is -3.00. The molecular weight excluding hydrogens is 474 g/mol. The molecule has 15 nitrogen and oxygen atoms in total. The molecule has 1 fully saturated rings. The molecule has 0 aliphatic carbocycles. The molecule has 0 spiro atoms. The highest BCUT2D eigenvalue weighted by atomic mass is 32.3. The van der Waals surface area contributed by atoms with Gasteiger partial charge in [0.2, 0.25) is 0 Å². The Hall–Kier alpha value is -2.15. The van der Waals surface area contributed by atoms with Crippen molar-refractivity contribution in [2.24, 2.45) is 5.92 Å². The van der Waals surface area contributed by atoms with Crippen LogP contribution in [0, 0.1) is 5.92 Å². The molecule has 0 bridgehead atoms. The first-order chi connectivity index (χ1) is 14.8. The van der Waals surface area contributed by atoms with Gasteiger partial charge < -0.3 is 10.1 Å². The van der Waals surface area contributed by atoms with Crippen LogP contribution in [0.1, 0.15) is 31.6 Å². The minimum atomic E-state index is -4.99. The number of guanidine groups is 1. The molecule has 1 aromatic rings. The molecule has 1 saturated heterocycles. The maximum atomic E-state index is 11.7. The van der Waals surface area contributed by atoms with E-state index in [4.69, 9.17) is 12.9 Å². The Bertz CT molecular complexity index is 1210. The molecule has 178 valence electrons. The fourth-order valence-corrected chi connectivity index (χ4v) is 5.90. The zero-order valence-corrected chi connectivity index (χ0v) is 18.2. The van der Waals surface area contributed by atoms with E-state index in [-0.39, 0.29) is 36.5 Å². The van der Waals surface area contributed by atoms with Crippen LogP contribution in [0.4, 0.5) is 0 Å². The van der Waals surface area contributed by atoms with E-state index in [1.807, 2.05) is 9.56 Å². The maximum absolute atomic E-state index is 11.7. The molecule has 17 heteroatoms. The quantitative estimate of drug-likeness (QED) is 0.187. The van der Waals surface area contributed by atoms with Crippen LogP contribution in [-0.4, -0.2) is 77.2 Å². The van der Waals surface area contributed by atoms with Crippen LogP contribution in [0.25, 0.3) is 0 Å². The molecule has 0 unspecified atom stereocenters. The van der Waals surface area contributed by atoms with Gasteiger partial charge in [0.25, 0.3) is 5.56 Å². The number of nitrogens with one attached hydrogen (secondary N) is 2. The Morgan fingerprint density at radius 1 is 1.28 bits per heavy atom. The number of H-pyrrole nitrogens is 1. The molecule has 0 aromatic carbocycles. The lowest BCUT2D eigenvalue weighted by molar-refractivity contribution is -0.726. The van der Waals surface area contributed by atoms with Gasteiger partial charge in [0.15, 0.2) is 6.10 Å². The van der Waals surface area contributed by atoms with E-state index < -0.39 is 50.6 Å². The minimum Gasteiger partial charge on any atom is -0.846 e. The van der Waals surface area contributed by atoms with Gasteiger partial charge >= 0.3 is 26.8 Å². The molecule has 32 heavy (non-hydrogen) atoms. The van der Waals surface area contributed by atoms with Gasteiger partial charge in [-0.2, -0.15) is 16.8 Å². The number of hydrogen-bond acceptors (Lipinski definition) is 10. The summed E-state index contributed by atoms with van der Waals surface area (Å²) in [6.45, 7) is 2.24. The Morgan fingerprint density at radius 3 is 2.62 bits per heavy atom. The normalized spacial score (nSPS) is 31.2. The van der Waals surface area contributed by atoms with Crippen molar-refractivity contribution in [1.82, 2.24) is 15.3 Å². The summed E-state index contributed by atoms with van der Waals surface area (Å²) in [5.41, 5.74) is -1.10. The molecule has 6 atom stereocenters. The summed E-state index contributed by atoms with van der Waals surface area (Å²) in [4.78, 5) is 17.3. The average Bonchev–Trinajstić information content (AvgIpc) is 3.06. The fraction of sp³-hybridized carbons (Fsp3) is 0.667.